The van der Waals surface area contributed by atoms with Crippen LogP contribution < -0.4 is 10.9 Å². The molecule has 1 N–H and O–H groups in total. The molecule has 0 aromatic carbocycles. The standard InChI is InChI=1S/C15H28N4O/c1-11(2)12(10-18(6)7)17-13-14(20)19(9-8-16-13)15(3,4)5/h8-9,11-12H,10H2,1-7H3,(H,16,17). The lowest BCUT2D eigenvalue weighted by molar-refractivity contribution is 0.342. The summed E-state index contributed by atoms with van der Waals surface area (Å²) in [4.78, 5) is 18.8. The fourth-order valence-corrected chi connectivity index (χ4v) is 2.03. The van der Waals surface area contributed by atoms with E-state index in [1.165, 1.54) is 0 Å². The Morgan fingerprint density at radius 1 is 1.35 bits per heavy atom. The number of hydrogen-bond donors (Lipinski definition) is 1. The maximum Gasteiger partial charge on any atom is 0.293 e. The second-order valence-corrected chi connectivity index (χ2v) is 6.88. The molecule has 0 fully saturated rings. The Balaban J connectivity index is 3.06. The van der Waals surface area contributed by atoms with E-state index in [0.717, 1.165) is 6.54 Å². The lowest BCUT2D eigenvalue weighted by Crippen LogP contribution is -2.41. The molecule has 0 amide bonds. The first-order valence-corrected chi connectivity index (χ1v) is 7.12. The highest BCUT2D eigenvalue weighted by atomic mass is 16.1. The Morgan fingerprint density at radius 3 is 2.40 bits per heavy atom. The van der Waals surface area contributed by atoms with Gasteiger partial charge in [-0.3, -0.25) is 4.79 Å². The first kappa shape index (κ1) is 16.7. The van der Waals surface area contributed by atoms with Gasteiger partial charge in [0.15, 0.2) is 5.82 Å². The van der Waals surface area contributed by atoms with Crippen LogP contribution in [0.2, 0.25) is 0 Å². The maximum atomic E-state index is 12.5. The van der Waals surface area contributed by atoms with Crippen molar-refractivity contribution in [2.24, 2.45) is 5.92 Å². The lowest BCUT2D eigenvalue weighted by Gasteiger charge is -2.27. The summed E-state index contributed by atoms with van der Waals surface area (Å²) < 4.78 is 1.72. The van der Waals surface area contributed by atoms with E-state index in [1.807, 2.05) is 34.9 Å². The van der Waals surface area contributed by atoms with Crippen LogP contribution in [0.25, 0.3) is 0 Å². The summed E-state index contributed by atoms with van der Waals surface area (Å²) in [6.45, 7) is 11.2. The Kier molecular flexibility index (Phi) is 5.34. The van der Waals surface area contributed by atoms with Gasteiger partial charge in [-0.25, -0.2) is 4.98 Å². The van der Waals surface area contributed by atoms with Crippen molar-refractivity contribution in [3.8, 4) is 0 Å². The smallest absolute Gasteiger partial charge is 0.293 e. The van der Waals surface area contributed by atoms with Crippen molar-refractivity contribution >= 4 is 5.82 Å². The largest absolute Gasteiger partial charge is 0.361 e. The highest BCUT2D eigenvalue weighted by Crippen LogP contribution is 2.12. The minimum atomic E-state index is -0.245. The Morgan fingerprint density at radius 2 is 1.95 bits per heavy atom. The number of nitrogens with zero attached hydrogens (tertiary/aromatic N) is 3. The van der Waals surface area contributed by atoms with Crippen molar-refractivity contribution in [2.45, 2.75) is 46.2 Å². The Hall–Kier alpha value is -1.36. The molecular formula is C15H28N4O. The van der Waals surface area contributed by atoms with E-state index in [1.54, 1.807) is 17.0 Å². The van der Waals surface area contributed by atoms with Crippen LogP contribution in [-0.2, 0) is 5.54 Å². The van der Waals surface area contributed by atoms with Crippen molar-refractivity contribution < 1.29 is 0 Å². The fraction of sp³-hybridized carbons (Fsp3) is 0.733. The molecule has 0 aliphatic heterocycles. The van der Waals surface area contributed by atoms with Crippen LogP contribution in [0.4, 0.5) is 5.82 Å². The number of nitrogens with one attached hydrogen (secondary N) is 1. The summed E-state index contributed by atoms with van der Waals surface area (Å²) in [5, 5.41) is 3.30. The molecule has 20 heavy (non-hydrogen) atoms. The van der Waals surface area contributed by atoms with E-state index in [4.69, 9.17) is 0 Å². The van der Waals surface area contributed by atoms with Crippen LogP contribution in [0.1, 0.15) is 34.6 Å². The van der Waals surface area contributed by atoms with Gasteiger partial charge < -0.3 is 14.8 Å². The molecule has 5 heteroatoms. The zero-order valence-corrected chi connectivity index (χ0v) is 13.8. The normalized spacial score (nSPS) is 13.8. The van der Waals surface area contributed by atoms with Gasteiger partial charge in [0.25, 0.3) is 5.56 Å². The van der Waals surface area contributed by atoms with Crippen LogP contribution in [0.3, 0.4) is 0 Å². The molecule has 0 radical (unpaired) electrons. The van der Waals surface area contributed by atoms with Crippen molar-refractivity contribution in [3.05, 3.63) is 22.7 Å². The number of likely N-dealkylation sites (N-methyl/N-ethyl adjacent to an activating group) is 1. The number of rotatable bonds is 5. The summed E-state index contributed by atoms with van der Waals surface area (Å²) in [6.07, 6.45) is 3.42. The van der Waals surface area contributed by atoms with Crippen molar-refractivity contribution in [1.82, 2.24) is 14.5 Å². The molecule has 0 spiro atoms. The van der Waals surface area contributed by atoms with Crippen molar-refractivity contribution in [1.29, 1.82) is 0 Å². The van der Waals surface area contributed by atoms with E-state index in [0.29, 0.717) is 11.7 Å². The molecule has 1 heterocycles. The van der Waals surface area contributed by atoms with Gasteiger partial charge in [0.05, 0.1) is 0 Å². The third kappa shape index (κ3) is 4.34. The van der Waals surface area contributed by atoms with Crippen LogP contribution in [-0.4, -0.2) is 41.1 Å². The summed E-state index contributed by atoms with van der Waals surface area (Å²) in [7, 11) is 4.06. The van der Waals surface area contributed by atoms with E-state index in [2.05, 4.69) is 29.0 Å². The number of hydrogen-bond acceptors (Lipinski definition) is 4. The molecule has 0 aliphatic carbocycles. The van der Waals surface area contributed by atoms with Gasteiger partial charge in [-0.1, -0.05) is 13.8 Å². The van der Waals surface area contributed by atoms with Crippen molar-refractivity contribution in [3.63, 3.8) is 0 Å². The SMILES string of the molecule is CC(C)C(CN(C)C)Nc1nccn(C(C)(C)C)c1=O. The Bertz CT molecular complexity index is 485. The molecule has 0 saturated carbocycles. The van der Waals surface area contributed by atoms with Crippen molar-refractivity contribution in [2.75, 3.05) is 26.0 Å². The molecule has 1 aromatic rings. The fourth-order valence-electron chi connectivity index (χ4n) is 2.03. The maximum absolute atomic E-state index is 12.5. The second kappa shape index (κ2) is 6.39. The highest BCUT2D eigenvalue weighted by molar-refractivity contribution is 5.33. The van der Waals surface area contributed by atoms with E-state index >= 15 is 0 Å². The van der Waals surface area contributed by atoms with E-state index < -0.39 is 0 Å². The van der Waals surface area contributed by atoms with Gasteiger partial charge >= 0.3 is 0 Å². The van der Waals surface area contributed by atoms with Crippen LogP contribution in [0, 0.1) is 5.92 Å². The number of aromatic nitrogens is 2. The molecule has 1 unspecified atom stereocenters. The topological polar surface area (TPSA) is 50.2 Å². The molecule has 114 valence electrons. The van der Waals surface area contributed by atoms with Crippen LogP contribution >= 0.6 is 0 Å². The first-order chi connectivity index (χ1) is 9.12. The van der Waals surface area contributed by atoms with Crippen LogP contribution in [0.15, 0.2) is 17.2 Å². The summed E-state index contributed by atoms with van der Waals surface area (Å²) in [6, 6.07) is 0.195. The van der Waals surface area contributed by atoms with Crippen LogP contribution in [0.5, 0.6) is 0 Å². The van der Waals surface area contributed by atoms with Gasteiger partial charge in [-0.15, -0.1) is 0 Å². The van der Waals surface area contributed by atoms with Gasteiger partial charge in [0.2, 0.25) is 0 Å². The lowest BCUT2D eigenvalue weighted by atomic mass is 10.0. The van der Waals surface area contributed by atoms with Gasteiger partial charge in [0.1, 0.15) is 0 Å². The monoisotopic (exact) mass is 280 g/mol. The molecule has 0 bridgehead atoms. The molecule has 0 saturated heterocycles. The number of anilines is 1. The average molecular weight is 280 g/mol. The predicted molar refractivity (Wildman–Crippen MR) is 84.3 cm³/mol. The predicted octanol–water partition coefficient (Wildman–Crippen LogP) is 2.00. The molecule has 5 nitrogen and oxygen atoms in total. The van der Waals surface area contributed by atoms with Gasteiger partial charge in [0, 0.05) is 30.5 Å². The minimum absolute atomic E-state index is 0.0654. The average Bonchev–Trinajstić information content (AvgIpc) is 2.28. The summed E-state index contributed by atoms with van der Waals surface area (Å²) in [5.41, 5.74) is -0.310. The van der Waals surface area contributed by atoms with E-state index in [-0.39, 0.29) is 17.1 Å². The summed E-state index contributed by atoms with van der Waals surface area (Å²) in [5.74, 6) is 0.852. The molecule has 1 rings (SSSR count). The zero-order chi connectivity index (χ0) is 15.5. The first-order valence-electron chi connectivity index (χ1n) is 7.12. The highest BCUT2D eigenvalue weighted by Gasteiger charge is 2.20. The minimum Gasteiger partial charge on any atom is -0.361 e. The quantitative estimate of drug-likeness (QED) is 0.896. The zero-order valence-electron chi connectivity index (χ0n) is 13.8. The van der Waals surface area contributed by atoms with Gasteiger partial charge in [-0.05, 0) is 40.8 Å². The third-order valence-electron chi connectivity index (χ3n) is 3.25. The molecule has 0 aliphatic rings. The van der Waals surface area contributed by atoms with E-state index in [9.17, 15) is 4.79 Å². The third-order valence-corrected chi connectivity index (χ3v) is 3.25. The molecular weight excluding hydrogens is 252 g/mol. The molecule has 1 atom stereocenters. The summed E-state index contributed by atoms with van der Waals surface area (Å²) >= 11 is 0. The second-order valence-electron chi connectivity index (χ2n) is 6.88. The molecule has 1 aromatic heterocycles. The van der Waals surface area contributed by atoms with Gasteiger partial charge in [-0.2, -0.15) is 0 Å². The Labute approximate surface area is 122 Å².